The van der Waals surface area contributed by atoms with Crippen molar-refractivity contribution in [1.82, 2.24) is 9.55 Å². The van der Waals surface area contributed by atoms with Gasteiger partial charge in [-0.25, -0.2) is 4.98 Å². The number of benzene rings is 2. The number of fused-ring (bicyclic) bond motifs is 1. The Morgan fingerprint density at radius 3 is 2.58 bits per heavy atom. The zero-order chi connectivity index (χ0) is 18.5. The molecule has 0 radical (unpaired) electrons. The SMILES string of the molecule is CC(OC(=O)Cn1c(=O)cnc2ccccc21)C(=O)Nc1ccccc1. The average Bonchev–Trinajstić information content (AvgIpc) is 2.65. The van der Waals surface area contributed by atoms with Gasteiger partial charge in [0.15, 0.2) is 6.10 Å². The number of esters is 1. The van der Waals surface area contributed by atoms with E-state index in [0.29, 0.717) is 16.7 Å². The van der Waals surface area contributed by atoms with Crippen molar-refractivity contribution in [2.24, 2.45) is 0 Å². The summed E-state index contributed by atoms with van der Waals surface area (Å²) in [6, 6.07) is 15.8. The van der Waals surface area contributed by atoms with Crippen molar-refractivity contribution in [1.29, 1.82) is 0 Å². The molecule has 1 atom stereocenters. The molecule has 0 aliphatic rings. The molecule has 3 aromatic rings. The third kappa shape index (κ3) is 3.94. The van der Waals surface area contributed by atoms with Crippen molar-refractivity contribution < 1.29 is 14.3 Å². The van der Waals surface area contributed by atoms with Crippen LogP contribution in [0.15, 0.2) is 65.6 Å². The lowest BCUT2D eigenvalue weighted by Gasteiger charge is -2.14. The van der Waals surface area contributed by atoms with Crippen LogP contribution in [-0.4, -0.2) is 27.5 Å². The molecule has 7 nitrogen and oxygen atoms in total. The van der Waals surface area contributed by atoms with Crippen LogP contribution < -0.4 is 10.9 Å². The zero-order valence-corrected chi connectivity index (χ0v) is 14.1. The Morgan fingerprint density at radius 1 is 1.12 bits per heavy atom. The molecule has 132 valence electrons. The zero-order valence-electron chi connectivity index (χ0n) is 14.1. The first-order chi connectivity index (χ1) is 12.5. The van der Waals surface area contributed by atoms with Crippen LogP contribution in [0, 0.1) is 0 Å². The standard InChI is InChI=1S/C19H17N3O4/c1-13(19(25)21-14-7-3-2-4-8-14)26-18(24)12-22-16-10-6-5-9-15(16)20-11-17(22)23/h2-11,13H,12H2,1H3,(H,21,25). The Morgan fingerprint density at radius 2 is 1.81 bits per heavy atom. The number of amides is 1. The number of nitrogens with one attached hydrogen (secondary N) is 1. The van der Waals surface area contributed by atoms with E-state index in [-0.39, 0.29) is 6.54 Å². The topological polar surface area (TPSA) is 90.3 Å². The van der Waals surface area contributed by atoms with Gasteiger partial charge in [-0.3, -0.25) is 19.0 Å². The van der Waals surface area contributed by atoms with Crippen molar-refractivity contribution in [2.75, 3.05) is 5.32 Å². The highest BCUT2D eigenvalue weighted by atomic mass is 16.5. The van der Waals surface area contributed by atoms with Crippen molar-refractivity contribution >= 4 is 28.6 Å². The van der Waals surface area contributed by atoms with Crippen molar-refractivity contribution in [3.8, 4) is 0 Å². The van der Waals surface area contributed by atoms with Crippen LogP contribution in [0.5, 0.6) is 0 Å². The van der Waals surface area contributed by atoms with Gasteiger partial charge in [-0.1, -0.05) is 30.3 Å². The van der Waals surface area contributed by atoms with E-state index >= 15 is 0 Å². The molecule has 0 bridgehead atoms. The van der Waals surface area contributed by atoms with E-state index in [1.165, 1.54) is 11.5 Å². The number of para-hydroxylation sites is 3. The van der Waals surface area contributed by atoms with Crippen LogP contribution >= 0.6 is 0 Å². The molecule has 0 saturated carbocycles. The van der Waals surface area contributed by atoms with E-state index < -0.39 is 23.5 Å². The van der Waals surface area contributed by atoms with Crippen LogP contribution in [0.3, 0.4) is 0 Å². The molecule has 0 aliphatic carbocycles. The van der Waals surface area contributed by atoms with E-state index in [4.69, 9.17) is 4.74 Å². The molecule has 3 rings (SSSR count). The molecule has 0 fully saturated rings. The smallest absolute Gasteiger partial charge is 0.326 e. The summed E-state index contributed by atoms with van der Waals surface area (Å²) in [7, 11) is 0. The number of hydrogen-bond donors (Lipinski definition) is 1. The Kier molecular flexibility index (Phi) is 5.07. The summed E-state index contributed by atoms with van der Waals surface area (Å²) in [5.41, 5.74) is 1.31. The lowest BCUT2D eigenvalue weighted by atomic mass is 10.3. The summed E-state index contributed by atoms with van der Waals surface area (Å²) in [6.45, 7) is 1.18. The van der Waals surface area contributed by atoms with Crippen molar-refractivity contribution in [2.45, 2.75) is 19.6 Å². The van der Waals surface area contributed by atoms with Crippen LogP contribution in [-0.2, 0) is 20.9 Å². The minimum Gasteiger partial charge on any atom is -0.451 e. The number of aromatic nitrogens is 2. The molecule has 1 heterocycles. The maximum absolute atomic E-state index is 12.2. The first-order valence-electron chi connectivity index (χ1n) is 8.04. The molecule has 7 heteroatoms. The predicted molar refractivity (Wildman–Crippen MR) is 96.6 cm³/mol. The number of carbonyl (C=O) groups excluding carboxylic acids is 2. The summed E-state index contributed by atoms with van der Waals surface area (Å²) in [5, 5.41) is 2.66. The summed E-state index contributed by atoms with van der Waals surface area (Å²) in [4.78, 5) is 40.4. The van der Waals surface area contributed by atoms with Crippen LogP contribution in [0.1, 0.15) is 6.92 Å². The molecule has 1 unspecified atom stereocenters. The number of ether oxygens (including phenoxy) is 1. The highest BCUT2D eigenvalue weighted by Gasteiger charge is 2.19. The molecule has 0 spiro atoms. The fourth-order valence-electron chi connectivity index (χ4n) is 2.46. The Hall–Kier alpha value is -3.48. The molecular formula is C19H17N3O4. The minimum atomic E-state index is -0.994. The van der Waals surface area contributed by atoms with Gasteiger partial charge < -0.3 is 10.1 Å². The Bertz CT molecular complexity index is 998. The fourth-order valence-corrected chi connectivity index (χ4v) is 2.46. The highest BCUT2D eigenvalue weighted by molar-refractivity contribution is 5.95. The van der Waals surface area contributed by atoms with Crippen LogP contribution in [0.2, 0.25) is 0 Å². The normalized spacial score (nSPS) is 11.7. The van der Waals surface area contributed by atoms with Gasteiger partial charge in [0.1, 0.15) is 6.54 Å². The van der Waals surface area contributed by atoms with Crippen LogP contribution in [0.25, 0.3) is 11.0 Å². The van der Waals surface area contributed by atoms with E-state index in [0.717, 1.165) is 6.20 Å². The lowest BCUT2D eigenvalue weighted by molar-refractivity contribution is -0.153. The largest absolute Gasteiger partial charge is 0.451 e. The fraction of sp³-hybridized carbons (Fsp3) is 0.158. The van der Waals surface area contributed by atoms with Gasteiger partial charge in [-0.2, -0.15) is 0 Å². The number of nitrogens with zero attached hydrogens (tertiary/aromatic N) is 2. The third-order valence-electron chi connectivity index (χ3n) is 3.76. The third-order valence-corrected chi connectivity index (χ3v) is 3.76. The molecule has 2 aromatic carbocycles. The van der Waals surface area contributed by atoms with Gasteiger partial charge in [0.2, 0.25) is 0 Å². The second-order valence-electron chi connectivity index (χ2n) is 5.66. The van der Waals surface area contributed by atoms with E-state index in [1.54, 1.807) is 48.5 Å². The monoisotopic (exact) mass is 351 g/mol. The van der Waals surface area contributed by atoms with Gasteiger partial charge in [-0.15, -0.1) is 0 Å². The molecule has 1 aromatic heterocycles. The first kappa shape index (κ1) is 17.3. The summed E-state index contributed by atoms with van der Waals surface area (Å²) in [6.07, 6.45) is 0.160. The van der Waals surface area contributed by atoms with Crippen molar-refractivity contribution in [3.05, 3.63) is 71.1 Å². The van der Waals surface area contributed by atoms with Gasteiger partial charge in [-0.05, 0) is 31.2 Å². The maximum atomic E-state index is 12.2. The van der Waals surface area contributed by atoms with Gasteiger partial charge in [0, 0.05) is 5.69 Å². The van der Waals surface area contributed by atoms with E-state index in [9.17, 15) is 14.4 Å². The quantitative estimate of drug-likeness (QED) is 0.710. The number of hydrogen-bond acceptors (Lipinski definition) is 5. The number of carbonyl (C=O) groups is 2. The molecule has 0 aliphatic heterocycles. The Balaban J connectivity index is 1.68. The highest BCUT2D eigenvalue weighted by Crippen LogP contribution is 2.09. The Labute approximate surface area is 149 Å². The van der Waals surface area contributed by atoms with E-state index in [2.05, 4.69) is 10.3 Å². The first-order valence-corrected chi connectivity index (χ1v) is 8.04. The van der Waals surface area contributed by atoms with Gasteiger partial charge >= 0.3 is 5.97 Å². The second kappa shape index (κ2) is 7.60. The van der Waals surface area contributed by atoms with Crippen molar-refractivity contribution in [3.63, 3.8) is 0 Å². The molecule has 1 N–H and O–H groups in total. The van der Waals surface area contributed by atoms with E-state index in [1.807, 2.05) is 6.07 Å². The summed E-state index contributed by atoms with van der Waals surface area (Å²) in [5.74, 6) is -1.13. The number of anilines is 1. The van der Waals surface area contributed by atoms with Crippen LogP contribution in [0.4, 0.5) is 5.69 Å². The van der Waals surface area contributed by atoms with Gasteiger partial charge in [0.25, 0.3) is 11.5 Å². The second-order valence-corrected chi connectivity index (χ2v) is 5.66. The maximum Gasteiger partial charge on any atom is 0.326 e. The molecular weight excluding hydrogens is 334 g/mol. The average molecular weight is 351 g/mol. The predicted octanol–water partition coefficient (Wildman–Crippen LogP) is 1.97. The summed E-state index contributed by atoms with van der Waals surface area (Å²) < 4.78 is 6.43. The number of rotatable bonds is 5. The molecule has 1 amide bonds. The minimum absolute atomic E-state index is 0.301. The summed E-state index contributed by atoms with van der Waals surface area (Å²) >= 11 is 0. The lowest BCUT2D eigenvalue weighted by Crippen LogP contribution is -2.33. The molecule has 0 saturated heterocycles. The van der Waals surface area contributed by atoms with Gasteiger partial charge in [0.05, 0.1) is 17.2 Å². The molecule has 26 heavy (non-hydrogen) atoms.